The summed E-state index contributed by atoms with van der Waals surface area (Å²) < 4.78 is 13.5. The zero-order chi connectivity index (χ0) is 21.6. The first kappa shape index (κ1) is 20.9. The number of thioether (sulfide) groups is 1. The van der Waals surface area contributed by atoms with Crippen molar-refractivity contribution in [2.45, 2.75) is 25.5 Å². The van der Waals surface area contributed by atoms with E-state index in [1.807, 2.05) is 48.5 Å². The number of hydrogen-bond acceptors (Lipinski definition) is 6. The summed E-state index contributed by atoms with van der Waals surface area (Å²) >= 11 is 1.56. The highest BCUT2D eigenvalue weighted by atomic mass is 32.2. The van der Waals surface area contributed by atoms with Crippen LogP contribution in [-0.2, 0) is 6.54 Å². The fraction of sp³-hybridized carbons (Fsp3) is 0.208. The second-order valence-corrected chi connectivity index (χ2v) is 8.10. The van der Waals surface area contributed by atoms with Crippen LogP contribution in [0.1, 0.15) is 28.6 Å². The van der Waals surface area contributed by atoms with Gasteiger partial charge in [-0.15, -0.1) is 10.2 Å². The van der Waals surface area contributed by atoms with E-state index in [0.29, 0.717) is 30.2 Å². The summed E-state index contributed by atoms with van der Waals surface area (Å²) in [6.45, 7) is 4.60. The Morgan fingerprint density at radius 2 is 1.87 bits per heavy atom. The van der Waals surface area contributed by atoms with E-state index >= 15 is 0 Å². The number of ketones is 1. The molecular weight excluding hydrogens is 410 g/mol. The average Bonchev–Trinajstić information content (AvgIpc) is 3.42. The lowest BCUT2D eigenvalue weighted by atomic mass is 10.1. The van der Waals surface area contributed by atoms with Crippen LogP contribution < -0.4 is 4.74 Å². The summed E-state index contributed by atoms with van der Waals surface area (Å²) in [5.41, 5.74) is 2.77. The lowest BCUT2D eigenvalue weighted by molar-refractivity contribution is 0.101. The van der Waals surface area contributed by atoms with Gasteiger partial charge in [-0.2, -0.15) is 0 Å². The molecule has 0 radical (unpaired) electrons. The Morgan fingerprint density at radius 1 is 1.06 bits per heavy atom. The molecule has 6 nitrogen and oxygen atoms in total. The van der Waals surface area contributed by atoms with E-state index in [1.165, 1.54) is 0 Å². The van der Waals surface area contributed by atoms with E-state index in [-0.39, 0.29) is 5.78 Å². The quantitative estimate of drug-likeness (QED) is 0.203. The summed E-state index contributed by atoms with van der Waals surface area (Å²) in [7, 11) is 0. The number of Topliss-reactive ketones (excluding diaryl/α,β-unsaturated/α-hetero) is 1. The molecule has 0 unspecified atom stereocenters. The van der Waals surface area contributed by atoms with Gasteiger partial charge in [0.05, 0.1) is 25.0 Å². The molecule has 0 amide bonds. The van der Waals surface area contributed by atoms with Crippen LogP contribution in [0.25, 0.3) is 11.4 Å². The molecule has 0 spiro atoms. The third kappa shape index (κ3) is 4.88. The van der Waals surface area contributed by atoms with Crippen molar-refractivity contribution in [1.29, 1.82) is 0 Å². The Kier molecular flexibility index (Phi) is 6.52. The Balaban J connectivity index is 1.51. The van der Waals surface area contributed by atoms with Crippen molar-refractivity contribution < 1.29 is 13.9 Å². The Morgan fingerprint density at radius 3 is 2.65 bits per heavy atom. The van der Waals surface area contributed by atoms with Gasteiger partial charge in [-0.25, -0.2) is 0 Å². The van der Waals surface area contributed by atoms with Gasteiger partial charge in [-0.1, -0.05) is 48.2 Å². The fourth-order valence-corrected chi connectivity index (χ4v) is 4.04. The molecule has 0 aliphatic carbocycles. The number of hydrogen-bond donors (Lipinski definition) is 0. The van der Waals surface area contributed by atoms with Crippen LogP contribution in [0.4, 0.5) is 0 Å². The number of aromatic nitrogens is 3. The van der Waals surface area contributed by atoms with Crippen LogP contribution in [-0.4, -0.2) is 32.9 Å². The van der Waals surface area contributed by atoms with Crippen LogP contribution in [0.2, 0.25) is 0 Å². The molecule has 4 rings (SSSR count). The zero-order valence-corrected chi connectivity index (χ0v) is 18.3. The normalized spacial score (nSPS) is 10.9. The second kappa shape index (κ2) is 9.66. The summed E-state index contributed by atoms with van der Waals surface area (Å²) in [6, 6.07) is 19.2. The molecular formula is C24H23N3O3S. The number of ether oxygens (including phenoxy) is 1. The summed E-state index contributed by atoms with van der Waals surface area (Å²) in [4.78, 5) is 11.8. The fourth-order valence-electron chi connectivity index (χ4n) is 3.29. The molecule has 0 bridgehead atoms. The number of rotatable bonds is 9. The van der Waals surface area contributed by atoms with Gasteiger partial charge in [0.15, 0.2) is 16.8 Å². The molecule has 0 fully saturated rings. The van der Waals surface area contributed by atoms with Gasteiger partial charge < -0.3 is 9.15 Å². The SMILES string of the molecule is CC(=O)c1ccccc1OCCSc1nnc(-c2ccccc2C)n1Cc1ccco1. The first-order chi connectivity index (χ1) is 15.1. The van der Waals surface area contributed by atoms with E-state index in [9.17, 15) is 4.79 Å². The van der Waals surface area contributed by atoms with Crippen LogP contribution in [0, 0.1) is 6.92 Å². The number of benzene rings is 2. The highest BCUT2D eigenvalue weighted by molar-refractivity contribution is 7.99. The van der Waals surface area contributed by atoms with Crippen molar-refractivity contribution >= 4 is 17.5 Å². The average molecular weight is 434 g/mol. The third-order valence-electron chi connectivity index (χ3n) is 4.84. The molecule has 0 saturated heterocycles. The van der Waals surface area contributed by atoms with Gasteiger partial charge in [0.1, 0.15) is 11.5 Å². The second-order valence-electron chi connectivity index (χ2n) is 7.04. The molecule has 0 atom stereocenters. The van der Waals surface area contributed by atoms with E-state index in [2.05, 4.69) is 27.8 Å². The van der Waals surface area contributed by atoms with Gasteiger partial charge in [0, 0.05) is 11.3 Å². The highest BCUT2D eigenvalue weighted by Crippen LogP contribution is 2.27. The Hall–Kier alpha value is -3.32. The minimum atomic E-state index is -0.00989. The van der Waals surface area contributed by atoms with Crippen molar-refractivity contribution in [2.24, 2.45) is 0 Å². The van der Waals surface area contributed by atoms with Crippen LogP contribution in [0.5, 0.6) is 5.75 Å². The largest absolute Gasteiger partial charge is 0.492 e. The lowest BCUT2D eigenvalue weighted by Gasteiger charge is -2.11. The maximum atomic E-state index is 11.8. The third-order valence-corrected chi connectivity index (χ3v) is 5.77. The molecule has 2 aromatic carbocycles. The van der Waals surface area contributed by atoms with Crippen molar-refractivity contribution in [2.75, 3.05) is 12.4 Å². The van der Waals surface area contributed by atoms with Gasteiger partial charge in [0.2, 0.25) is 0 Å². The molecule has 158 valence electrons. The standard InChI is InChI=1S/C24H23N3O3S/c1-17-8-3-4-10-20(17)23-25-26-24(27(23)16-19-9-7-13-29-19)31-15-14-30-22-12-6-5-11-21(22)18(2)28/h3-13H,14-16H2,1-2H3. The van der Waals surface area contributed by atoms with E-state index in [4.69, 9.17) is 9.15 Å². The van der Waals surface area contributed by atoms with Crippen molar-refractivity contribution in [3.05, 3.63) is 83.8 Å². The van der Waals surface area contributed by atoms with Crippen molar-refractivity contribution in [3.8, 4) is 17.1 Å². The molecule has 0 aliphatic heterocycles. The van der Waals surface area contributed by atoms with Gasteiger partial charge in [-0.3, -0.25) is 9.36 Å². The van der Waals surface area contributed by atoms with Crippen LogP contribution in [0.15, 0.2) is 76.5 Å². The topological polar surface area (TPSA) is 70.2 Å². The Bertz CT molecular complexity index is 1170. The summed E-state index contributed by atoms with van der Waals surface area (Å²) in [6.07, 6.45) is 1.67. The molecule has 0 N–H and O–H groups in total. The molecule has 7 heteroatoms. The first-order valence-electron chi connectivity index (χ1n) is 10.0. The van der Waals surface area contributed by atoms with Crippen LogP contribution >= 0.6 is 11.8 Å². The monoisotopic (exact) mass is 433 g/mol. The number of carbonyl (C=O) groups excluding carboxylic acids is 1. The van der Waals surface area contributed by atoms with Gasteiger partial charge in [-0.05, 0) is 43.7 Å². The highest BCUT2D eigenvalue weighted by Gasteiger charge is 2.17. The number of carbonyl (C=O) groups is 1. The van der Waals surface area contributed by atoms with Crippen molar-refractivity contribution in [3.63, 3.8) is 0 Å². The molecule has 2 aromatic heterocycles. The lowest BCUT2D eigenvalue weighted by Crippen LogP contribution is -2.07. The molecule has 0 saturated carbocycles. The summed E-state index contributed by atoms with van der Waals surface area (Å²) in [5, 5.41) is 9.69. The smallest absolute Gasteiger partial charge is 0.192 e. The minimum Gasteiger partial charge on any atom is -0.492 e. The number of para-hydroxylation sites is 1. The molecule has 2 heterocycles. The van der Waals surface area contributed by atoms with Crippen molar-refractivity contribution in [1.82, 2.24) is 14.8 Å². The molecule has 4 aromatic rings. The van der Waals surface area contributed by atoms with Crippen LogP contribution in [0.3, 0.4) is 0 Å². The molecule has 0 aliphatic rings. The summed E-state index contributed by atoms with van der Waals surface area (Å²) in [5.74, 6) is 2.90. The number of nitrogens with zero attached hydrogens (tertiary/aromatic N) is 3. The maximum absolute atomic E-state index is 11.8. The van der Waals surface area contributed by atoms with Gasteiger partial charge in [0.25, 0.3) is 0 Å². The minimum absolute atomic E-state index is 0.00989. The maximum Gasteiger partial charge on any atom is 0.192 e. The predicted molar refractivity (Wildman–Crippen MR) is 121 cm³/mol. The zero-order valence-electron chi connectivity index (χ0n) is 17.4. The number of aryl methyl sites for hydroxylation is 1. The predicted octanol–water partition coefficient (Wildman–Crippen LogP) is 5.27. The number of furan rings is 1. The molecule has 31 heavy (non-hydrogen) atoms. The van der Waals surface area contributed by atoms with E-state index in [0.717, 1.165) is 27.9 Å². The Labute approximate surface area is 185 Å². The van der Waals surface area contributed by atoms with E-state index < -0.39 is 0 Å². The van der Waals surface area contributed by atoms with Gasteiger partial charge >= 0.3 is 0 Å². The first-order valence-corrected chi connectivity index (χ1v) is 11.0. The van der Waals surface area contributed by atoms with E-state index in [1.54, 1.807) is 31.0 Å².